The number of nitrogens with zero attached hydrogens (tertiary/aromatic N) is 1. The number of nitrogen functional groups attached to an aromatic ring is 1. The first-order valence-corrected chi connectivity index (χ1v) is 8.81. The van der Waals surface area contributed by atoms with Crippen LogP contribution in [0.2, 0.25) is 0 Å². The van der Waals surface area contributed by atoms with E-state index in [9.17, 15) is 9.59 Å². The topological polar surface area (TPSA) is 87.5 Å². The lowest BCUT2D eigenvalue weighted by Crippen LogP contribution is -2.34. The van der Waals surface area contributed by atoms with Gasteiger partial charge in [0, 0.05) is 30.0 Å². The monoisotopic (exact) mass is 354 g/mol. The highest BCUT2D eigenvalue weighted by atomic mass is 16.2. The van der Waals surface area contributed by atoms with Crippen LogP contribution in [0.3, 0.4) is 0 Å². The van der Waals surface area contributed by atoms with Crippen LogP contribution in [-0.2, 0) is 0 Å². The van der Waals surface area contributed by atoms with E-state index in [4.69, 9.17) is 5.73 Å². The zero-order chi connectivity index (χ0) is 18.9. The van der Waals surface area contributed by atoms with E-state index in [-0.39, 0.29) is 11.8 Å². The third-order valence-corrected chi connectivity index (χ3v) is 4.22. The van der Waals surface area contributed by atoms with E-state index < -0.39 is 0 Å². The summed E-state index contributed by atoms with van der Waals surface area (Å²) in [5, 5.41) is 5.69. The fourth-order valence-electron chi connectivity index (χ4n) is 2.58. The molecule has 4 N–H and O–H groups in total. The number of carbonyl (C=O) groups excluding carboxylic acids is 2. The molecule has 0 spiro atoms. The van der Waals surface area contributed by atoms with Crippen LogP contribution in [0.4, 0.5) is 11.4 Å². The number of nitrogens with two attached hydrogens (primary N) is 1. The van der Waals surface area contributed by atoms with Crippen molar-refractivity contribution in [2.24, 2.45) is 0 Å². The molecule has 2 aromatic carbocycles. The van der Waals surface area contributed by atoms with Crippen molar-refractivity contribution < 1.29 is 9.59 Å². The second-order valence-corrected chi connectivity index (χ2v) is 5.90. The van der Waals surface area contributed by atoms with Crippen molar-refractivity contribution in [1.29, 1.82) is 0 Å². The number of carbonyl (C=O) groups is 2. The molecule has 0 atom stereocenters. The zero-order valence-corrected chi connectivity index (χ0v) is 15.3. The molecule has 0 fully saturated rings. The Morgan fingerprint density at radius 2 is 1.62 bits per heavy atom. The van der Waals surface area contributed by atoms with Crippen LogP contribution < -0.4 is 16.4 Å². The second kappa shape index (κ2) is 9.58. The van der Waals surface area contributed by atoms with E-state index in [1.165, 1.54) is 0 Å². The van der Waals surface area contributed by atoms with Crippen LogP contribution in [0.1, 0.15) is 34.6 Å². The summed E-state index contributed by atoms with van der Waals surface area (Å²) in [6.45, 7) is 7.56. The number of hydrogen-bond donors (Lipinski definition) is 3. The third-order valence-electron chi connectivity index (χ3n) is 4.22. The van der Waals surface area contributed by atoms with E-state index >= 15 is 0 Å². The summed E-state index contributed by atoms with van der Waals surface area (Å²) in [6, 6.07) is 13.7. The maximum absolute atomic E-state index is 12.2. The van der Waals surface area contributed by atoms with Gasteiger partial charge in [0.15, 0.2) is 0 Å². The number of rotatable bonds is 8. The summed E-state index contributed by atoms with van der Waals surface area (Å²) in [5.74, 6) is -0.401. The molecule has 138 valence electrons. The Kier molecular flexibility index (Phi) is 7.17. The van der Waals surface area contributed by atoms with Crippen LogP contribution in [0.5, 0.6) is 0 Å². The van der Waals surface area contributed by atoms with E-state index in [1.54, 1.807) is 48.5 Å². The maximum atomic E-state index is 12.2. The molecule has 0 radical (unpaired) electrons. The number of anilines is 2. The van der Waals surface area contributed by atoms with Crippen molar-refractivity contribution >= 4 is 23.2 Å². The van der Waals surface area contributed by atoms with Crippen molar-refractivity contribution in [3.05, 3.63) is 59.7 Å². The normalized spacial score (nSPS) is 10.6. The minimum absolute atomic E-state index is 0.123. The third kappa shape index (κ3) is 5.32. The molecule has 0 bridgehead atoms. The summed E-state index contributed by atoms with van der Waals surface area (Å²) in [4.78, 5) is 26.7. The van der Waals surface area contributed by atoms with Crippen LogP contribution in [0.25, 0.3) is 0 Å². The van der Waals surface area contributed by atoms with Gasteiger partial charge in [-0.3, -0.25) is 9.59 Å². The molecule has 0 aliphatic carbocycles. The summed E-state index contributed by atoms with van der Waals surface area (Å²) >= 11 is 0. The molecule has 0 heterocycles. The van der Waals surface area contributed by atoms with Crippen LogP contribution >= 0.6 is 0 Å². The molecule has 0 unspecified atom stereocenters. The predicted octanol–water partition coefficient (Wildman–Crippen LogP) is 2.59. The Morgan fingerprint density at radius 3 is 2.23 bits per heavy atom. The number of amides is 2. The van der Waals surface area contributed by atoms with Crippen molar-refractivity contribution in [1.82, 2.24) is 10.2 Å². The van der Waals surface area contributed by atoms with Gasteiger partial charge < -0.3 is 21.3 Å². The van der Waals surface area contributed by atoms with E-state index in [2.05, 4.69) is 29.4 Å². The van der Waals surface area contributed by atoms with Gasteiger partial charge >= 0.3 is 0 Å². The Morgan fingerprint density at radius 1 is 0.962 bits per heavy atom. The first kappa shape index (κ1) is 19.5. The molecule has 0 aliphatic heterocycles. The van der Waals surface area contributed by atoms with Crippen LogP contribution in [-0.4, -0.2) is 42.9 Å². The van der Waals surface area contributed by atoms with Gasteiger partial charge in [0.1, 0.15) is 0 Å². The Labute approximate surface area is 154 Å². The van der Waals surface area contributed by atoms with Gasteiger partial charge in [-0.15, -0.1) is 0 Å². The van der Waals surface area contributed by atoms with E-state index in [1.807, 2.05) is 0 Å². The van der Waals surface area contributed by atoms with Crippen molar-refractivity contribution in [3.8, 4) is 0 Å². The zero-order valence-electron chi connectivity index (χ0n) is 15.3. The second-order valence-electron chi connectivity index (χ2n) is 5.90. The summed E-state index contributed by atoms with van der Waals surface area (Å²) in [6.07, 6.45) is 0. The number of nitrogens with one attached hydrogen (secondary N) is 2. The van der Waals surface area contributed by atoms with Crippen LogP contribution in [0, 0.1) is 0 Å². The molecule has 0 aliphatic rings. The largest absolute Gasteiger partial charge is 0.398 e. The minimum Gasteiger partial charge on any atom is -0.398 e. The predicted molar refractivity (Wildman–Crippen MR) is 105 cm³/mol. The molecule has 6 nitrogen and oxygen atoms in total. The van der Waals surface area contributed by atoms with Gasteiger partial charge in [0.25, 0.3) is 11.8 Å². The van der Waals surface area contributed by atoms with Crippen molar-refractivity contribution in [3.63, 3.8) is 0 Å². The molecule has 0 saturated heterocycles. The molecular weight excluding hydrogens is 328 g/mol. The Hall–Kier alpha value is -2.86. The number of para-hydroxylation sites is 1. The van der Waals surface area contributed by atoms with Gasteiger partial charge in [0.2, 0.25) is 0 Å². The minimum atomic E-state index is -0.278. The fraction of sp³-hybridized carbons (Fsp3) is 0.300. The summed E-state index contributed by atoms with van der Waals surface area (Å²) < 4.78 is 0. The fourth-order valence-corrected chi connectivity index (χ4v) is 2.58. The highest BCUT2D eigenvalue weighted by molar-refractivity contribution is 6.07. The maximum Gasteiger partial charge on any atom is 0.257 e. The molecule has 2 aromatic rings. The van der Waals surface area contributed by atoms with Gasteiger partial charge in [0.05, 0.1) is 5.56 Å². The van der Waals surface area contributed by atoms with Gasteiger partial charge in [-0.25, -0.2) is 0 Å². The molecule has 26 heavy (non-hydrogen) atoms. The van der Waals surface area contributed by atoms with Crippen molar-refractivity contribution in [2.45, 2.75) is 13.8 Å². The molecular formula is C20H26N4O2. The van der Waals surface area contributed by atoms with E-state index in [0.29, 0.717) is 29.0 Å². The molecule has 2 rings (SSSR count). The average molecular weight is 354 g/mol. The smallest absolute Gasteiger partial charge is 0.257 e. The molecule has 2 amide bonds. The highest BCUT2D eigenvalue weighted by Crippen LogP contribution is 2.15. The van der Waals surface area contributed by atoms with Gasteiger partial charge in [-0.2, -0.15) is 0 Å². The molecule has 0 saturated carbocycles. The lowest BCUT2D eigenvalue weighted by atomic mass is 10.1. The first-order chi connectivity index (χ1) is 12.5. The summed E-state index contributed by atoms with van der Waals surface area (Å²) in [7, 11) is 0. The van der Waals surface area contributed by atoms with Gasteiger partial charge in [-0.1, -0.05) is 26.0 Å². The lowest BCUT2D eigenvalue weighted by molar-refractivity contribution is 0.0948. The number of hydrogen-bond acceptors (Lipinski definition) is 4. The molecule has 0 aromatic heterocycles. The number of benzene rings is 2. The number of likely N-dealkylation sites (N-methyl/N-ethyl adjacent to an activating group) is 1. The standard InChI is InChI=1S/C20H26N4O2/c1-3-24(4-2)14-13-22-19(25)15-9-11-16(12-10-15)23-20(26)17-7-5-6-8-18(17)21/h5-12H,3-4,13-14,21H2,1-2H3,(H,22,25)(H,23,26). The quantitative estimate of drug-likeness (QED) is 0.636. The SMILES string of the molecule is CCN(CC)CCNC(=O)c1ccc(NC(=O)c2ccccc2N)cc1. The van der Waals surface area contributed by atoms with Crippen LogP contribution in [0.15, 0.2) is 48.5 Å². The highest BCUT2D eigenvalue weighted by Gasteiger charge is 2.10. The Bertz CT molecular complexity index is 740. The molecule has 6 heteroatoms. The first-order valence-electron chi connectivity index (χ1n) is 8.81. The van der Waals surface area contributed by atoms with Gasteiger partial charge in [-0.05, 0) is 49.5 Å². The Balaban J connectivity index is 1.90. The average Bonchev–Trinajstić information content (AvgIpc) is 2.66. The van der Waals surface area contributed by atoms with Crippen molar-refractivity contribution in [2.75, 3.05) is 37.2 Å². The summed E-state index contributed by atoms with van der Waals surface area (Å²) in [5.41, 5.74) is 7.82. The van der Waals surface area contributed by atoms with E-state index in [0.717, 1.165) is 19.6 Å². The lowest BCUT2D eigenvalue weighted by Gasteiger charge is -2.18.